The Morgan fingerprint density at radius 3 is 3.00 bits per heavy atom. The van der Waals surface area contributed by atoms with E-state index in [0.717, 1.165) is 16.8 Å². The minimum Gasteiger partial charge on any atom is -0.386 e. The van der Waals surface area contributed by atoms with Crippen molar-refractivity contribution in [2.75, 3.05) is 5.88 Å². The lowest BCUT2D eigenvalue weighted by atomic mass is 10.1. The number of hydrogen-bond acceptors (Lipinski definition) is 1. The number of benzene rings is 1. The number of aryl methyl sites for hydroxylation is 1. The summed E-state index contributed by atoms with van der Waals surface area (Å²) in [5, 5.41) is 1.17. The molecule has 78 valence electrons. The summed E-state index contributed by atoms with van der Waals surface area (Å²) in [6, 6.07) is 5.96. The number of fused-ring (bicyclic) bond motifs is 1. The minimum absolute atomic E-state index is 0.255. The Bertz CT molecular complexity index is 514. The molecule has 0 saturated heterocycles. The van der Waals surface area contributed by atoms with Crippen LogP contribution in [-0.2, 0) is 0 Å². The Morgan fingerprint density at radius 1 is 1.47 bits per heavy atom. The van der Waals surface area contributed by atoms with Crippen LogP contribution in [0.2, 0.25) is 0 Å². The predicted molar refractivity (Wildman–Crippen MR) is 65.0 cm³/mol. The lowest BCUT2D eigenvalue weighted by Crippen LogP contribution is -2.12. The van der Waals surface area contributed by atoms with Gasteiger partial charge in [0, 0.05) is 17.1 Å². The number of H-pyrrole nitrogens is 1. The van der Waals surface area contributed by atoms with Crippen molar-refractivity contribution < 1.29 is 0 Å². The fourth-order valence-electron chi connectivity index (χ4n) is 1.58. The monoisotopic (exact) mass is 221 g/mol. The first-order valence-electron chi connectivity index (χ1n) is 4.68. The van der Waals surface area contributed by atoms with E-state index >= 15 is 0 Å². The number of aromatic amines is 1. The zero-order chi connectivity index (χ0) is 10.8. The Kier molecular flexibility index (Phi) is 2.64. The number of nitrogens with zero attached hydrogens (tertiary/aromatic N) is 1. The SMILES string of the molecule is Cc1c(N=C(N)CCl)ccc2[nH]ccc12. The molecule has 0 bridgehead atoms. The molecule has 0 saturated carbocycles. The number of hydrogen-bond donors (Lipinski definition) is 2. The zero-order valence-electron chi connectivity index (χ0n) is 8.42. The van der Waals surface area contributed by atoms with Gasteiger partial charge in [0.2, 0.25) is 0 Å². The standard InChI is InChI=1S/C11H12ClN3/c1-7-8-4-5-14-10(8)3-2-9(7)15-11(13)6-12/h2-5,14H,6H2,1H3,(H2,13,15). The van der Waals surface area contributed by atoms with E-state index in [0.29, 0.717) is 5.84 Å². The number of amidine groups is 1. The van der Waals surface area contributed by atoms with Crippen LogP contribution in [0.5, 0.6) is 0 Å². The van der Waals surface area contributed by atoms with Crippen LogP contribution < -0.4 is 5.73 Å². The minimum atomic E-state index is 0.255. The molecule has 0 aliphatic carbocycles. The molecule has 3 N–H and O–H groups in total. The van der Waals surface area contributed by atoms with Gasteiger partial charge in [-0.2, -0.15) is 0 Å². The summed E-state index contributed by atoms with van der Waals surface area (Å²) in [4.78, 5) is 7.40. The van der Waals surface area contributed by atoms with Gasteiger partial charge in [-0.25, -0.2) is 4.99 Å². The van der Waals surface area contributed by atoms with Gasteiger partial charge in [-0.05, 0) is 30.7 Å². The summed E-state index contributed by atoms with van der Waals surface area (Å²) in [5.74, 6) is 0.694. The van der Waals surface area contributed by atoms with Gasteiger partial charge in [-0.15, -0.1) is 11.6 Å². The molecule has 1 aromatic heterocycles. The van der Waals surface area contributed by atoms with Crippen LogP contribution in [0.1, 0.15) is 5.56 Å². The van der Waals surface area contributed by atoms with Crippen molar-refractivity contribution in [3.05, 3.63) is 30.0 Å². The van der Waals surface area contributed by atoms with E-state index in [2.05, 4.69) is 9.98 Å². The fourth-order valence-corrected chi connectivity index (χ4v) is 1.64. The molecule has 0 aliphatic rings. The molecular formula is C11H12ClN3. The van der Waals surface area contributed by atoms with E-state index in [1.807, 2.05) is 31.3 Å². The first-order valence-corrected chi connectivity index (χ1v) is 5.21. The maximum absolute atomic E-state index is 5.60. The molecule has 0 amide bonds. The second-order valence-corrected chi connectivity index (χ2v) is 3.65. The molecule has 15 heavy (non-hydrogen) atoms. The fraction of sp³-hybridized carbons (Fsp3) is 0.182. The maximum atomic E-state index is 5.60. The van der Waals surface area contributed by atoms with Crippen molar-refractivity contribution in [2.45, 2.75) is 6.92 Å². The van der Waals surface area contributed by atoms with Crippen LogP contribution in [0.3, 0.4) is 0 Å². The molecule has 0 atom stereocenters. The Morgan fingerprint density at radius 2 is 2.27 bits per heavy atom. The van der Waals surface area contributed by atoms with Crippen LogP contribution in [0.4, 0.5) is 5.69 Å². The summed E-state index contributed by atoms with van der Waals surface area (Å²) >= 11 is 5.59. The highest BCUT2D eigenvalue weighted by Gasteiger charge is 2.03. The van der Waals surface area contributed by atoms with E-state index in [4.69, 9.17) is 17.3 Å². The number of alkyl halides is 1. The lowest BCUT2D eigenvalue weighted by Gasteiger charge is -2.02. The van der Waals surface area contributed by atoms with E-state index < -0.39 is 0 Å². The van der Waals surface area contributed by atoms with Gasteiger partial charge in [0.1, 0.15) is 5.84 Å². The third kappa shape index (κ3) is 1.83. The molecule has 0 radical (unpaired) electrons. The first kappa shape index (κ1) is 10.1. The molecule has 4 heteroatoms. The highest BCUT2D eigenvalue weighted by atomic mass is 35.5. The van der Waals surface area contributed by atoms with Crippen molar-refractivity contribution in [1.29, 1.82) is 0 Å². The summed E-state index contributed by atoms with van der Waals surface area (Å²) in [5.41, 5.74) is 8.70. The number of nitrogens with two attached hydrogens (primary N) is 1. The molecular weight excluding hydrogens is 210 g/mol. The van der Waals surface area contributed by atoms with Gasteiger partial charge in [0.05, 0.1) is 11.6 Å². The van der Waals surface area contributed by atoms with Gasteiger partial charge >= 0.3 is 0 Å². The quantitative estimate of drug-likeness (QED) is 0.457. The second-order valence-electron chi connectivity index (χ2n) is 3.39. The van der Waals surface area contributed by atoms with Crippen molar-refractivity contribution >= 4 is 34.0 Å². The van der Waals surface area contributed by atoms with E-state index in [-0.39, 0.29) is 5.88 Å². The topological polar surface area (TPSA) is 54.2 Å². The van der Waals surface area contributed by atoms with Gasteiger partial charge in [-0.1, -0.05) is 0 Å². The third-order valence-corrected chi connectivity index (χ3v) is 2.65. The van der Waals surface area contributed by atoms with Crippen LogP contribution in [0.15, 0.2) is 29.4 Å². The van der Waals surface area contributed by atoms with Crippen molar-refractivity contribution in [3.8, 4) is 0 Å². The first-order chi connectivity index (χ1) is 7.22. The third-order valence-electron chi connectivity index (χ3n) is 2.38. The van der Waals surface area contributed by atoms with Crippen molar-refractivity contribution in [2.24, 2.45) is 10.7 Å². The number of rotatable bonds is 2. The summed E-state index contributed by atoms with van der Waals surface area (Å²) in [7, 11) is 0. The molecule has 1 aromatic carbocycles. The van der Waals surface area contributed by atoms with E-state index in [1.165, 1.54) is 5.39 Å². The second kappa shape index (κ2) is 3.95. The zero-order valence-corrected chi connectivity index (χ0v) is 9.17. The molecule has 0 aliphatic heterocycles. The molecule has 0 spiro atoms. The van der Waals surface area contributed by atoms with Crippen LogP contribution in [0.25, 0.3) is 10.9 Å². The van der Waals surface area contributed by atoms with Crippen LogP contribution >= 0.6 is 11.6 Å². The largest absolute Gasteiger partial charge is 0.386 e. The Hall–Kier alpha value is -1.48. The summed E-state index contributed by atoms with van der Waals surface area (Å²) < 4.78 is 0. The number of halogens is 1. The molecule has 0 unspecified atom stereocenters. The van der Waals surface area contributed by atoms with E-state index in [1.54, 1.807) is 0 Å². The van der Waals surface area contributed by atoms with Gasteiger partial charge in [0.15, 0.2) is 0 Å². The predicted octanol–water partition coefficient (Wildman–Crippen LogP) is 2.70. The van der Waals surface area contributed by atoms with Crippen LogP contribution in [0, 0.1) is 6.92 Å². The van der Waals surface area contributed by atoms with Gasteiger partial charge in [0.25, 0.3) is 0 Å². The molecule has 2 aromatic rings. The highest BCUT2D eigenvalue weighted by Crippen LogP contribution is 2.26. The lowest BCUT2D eigenvalue weighted by molar-refractivity contribution is 1.40. The average molecular weight is 222 g/mol. The van der Waals surface area contributed by atoms with Gasteiger partial charge in [-0.3, -0.25) is 0 Å². The summed E-state index contributed by atoms with van der Waals surface area (Å²) in [6.45, 7) is 2.02. The number of nitrogens with one attached hydrogen (secondary N) is 1. The molecule has 3 nitrogen and oxygen atoms in total. The number of aromatic nitrogens is 1. The molecule has 0 fully saturated rings. The average Bonchev–Trinajstić information content (AvgIpc) is 2.70. The van der Waals surface area contributed by atoms with Crippen molar-refractivity contribution in [1.82, 2.24) is 4.98 Å². The Balaban J connectivity index is 2.57. The summed E-state index contributed by atoms with van der Waals surface area (Å²) in [6.07, 6.45) is 1.91. The maximum Gasteiger partial charge on any atom is 0.115 e. The normalized spacial score (nSPS) is 12.3. The smallest absolute Gasteiger partial charge is 0.115 e. The van der Waals surface area contributed by atoms with Gasteiger partial charge < -0.3 is 10.7 Å². The molecule has 2 rings (SSSR count). The molecule has 1 heterocycles. The number of aliphatic imine (C=N–C) groups is 1. The Labute approximate surface area is 93.0 Å². The highest BCUT2D eigenvalue weighted by molar-refractivity contribution is 6.28. The van der Waals surface area contributed by atoms with Crippen LogP contribution in [-0.4, -0.2) is 16.7 Å². The van der Waals surface area contributed by atoms with Crippen molar-refractivity contribution in [3.63, 3.8) is 0 Å². The van der Waals surface area contributed by atoms with E-state index in [9.17, 15) is 0 Å².